The van der Waals surface area contributed by atoms with E-state index >= 15 is 0 Å². The van der Waals surface area contributed by atoms with Gasteiger partial charge in [-0.15, -0.1) is 0 Å². The molecular formula is C7H13NOS. The molecule has 1 saturated heterocycles. The molecule has 1 fully saturated rings. The SMILES string of the molecule is CCCN1CCSCC1=O. The van der Waals surface area contributed by atoms with Crippen LogP contribution in [0.25, 0.3) is 0 Å². The highest BCUT2D eigenvalue weighted by molar-refractivity contribution is 8.00. The Kier molecular flexibility index (Phi) is 3.06. The molecular weight excluding hydrogens is 146 g/mol. The molecule has 0 aromatic rings. The van der Waals surface area contributed by atoms with Crippen LogP contribution in [0.1, 0.15) is 13.3 Å². The van der Waals surface area contributed by atoms with Crippen LogP contribution >= 0.6 is 11.8 Å². The predicted molar refractivity (Wildman–Crippen MR) is 44.2 cm³/mol. The summed E-state index contributed by atoms with van der Waals surface area (Å²) in [6, 6.07) is 0. The normalized spacial score (nSPS) is 19.7. The van der Waals surface area contributed by atoms with Crippen LogP contribution in [0.3, 0.4) is 0 Å². The number of rotatable bonds is 2. The zero-order chi connectivity index (χ0) is 7.40. The topological polar surface area (TPSA) is 20.3 Å². The van der Waals surface area contributed by atoms with Crippen LogP contribution in [0.4, 0.5) is 0 Å². The first kappa shape index (κ1) is 7.92. The van der Waals surface area contributed by atoms with Crippen molar-refractivity contribution in [3.8, 4) is 0 Å². The number of hydrogen-bond donors (Lipinski definition) is 0. The Hall–Kier alpha value is -0.180. The lowest BCUT2D eigenvalue weighted by Crippen LogP contribution is -2.38. The lowest BCUT2D eigenvalue weighted by molar-refractivity contribution is -0.128. The highest BCUT2D eigenvalue weighted by Crippen LogP contribution is 2.10. The van der Waals surface area contributed by atoms with Gasteiger partial charge >= 0.3 is 0 Å². The van der Waals surface area contributed by atoms with Crippen molar-refractivity contribution in [2.24, 2.45) is 0 Å². The molecule has 3 heteroatoms. The van der Waals surface area contributed by atoms with Crippen LogP contribution < -0.4 is 0 Å². The first-order chi connectivity index (χ1) is 4.84. The van der Waals surface area contributed by atoms with Gasteiger partial charge in [0.05, 0.1) is 5.75 Å². The molecule has 0 aliphatic carbocycles. The van der Waals surface area contributed by atoms with E-state index in [-0.39, 0.29) is 0 Å². The maximum absolute atomic E-state index is 11.1. The van der Waals surface area contributed by atoms with Gasteiger partial charge in [-0.1, -0.05) is 6.92 Å². The largest absolute Gasteiger partial charge is 0.341 e. The molecule has 1 rings (SSSR count). The van der Waals surface area contributed by atoms with Gasteiger partial charge < -0.3 is 4.90 Å². The van der Waals surface area contributed by atoms with E-state index in [1.807, 2.05) is 4.90 Å². The van der Waals surface area contributed by atoms with Gasteiger partial charge in [-0.05, 0) is 6.42 Å². The molecule has 58 valence electrons. The zero-order valence-corrected chi connectivity index (χ0v) is 7.12. The Labute approximate surface area is 66.0 Å². The van der Waals surface area contributed by atoms with Crippen LogP contribution in [0.5, 0.6) is 0 Å². The van der Waals surface area contributed by atoms with Gasteiger partial charge in [-0.25, -0.2) is 0 Å². The Bertz CT molecular complexity index is 125. The first-order valence-corrected chi connectivity index (χ1v) is 4.85. The average molecular weight is 159 g/mol. The molecule has 2 nitrogen and oxygen atoms in total. The molecule has 0 spiro atoms. The van der Waals surface area contributed by atoms with Gasteiger partial charge in [-0.3, -0.25) is 4.79 Å². The average Bonchev–Trinajstić information content (AvgIpc) is 1.94. The summed E-state index contributed by atoms with van der Waals surface area (Å²) < 4.78 is 0. The minimum Gasteiger partial charge on any atom is -0.341 e. The highest BCUT2D eigenvalue weighted by atomic mass is 32.2. The second-order valence-electron chi connectivity index (χ2n) is 2.43. The van der Waals surface area contributed by atoms with Crippen molar-refractivity contribution < 1.29 is 4.79 Å². The minimum atomic E-state index is 0.318. The standard InChI is InChI=1S/C7H13NOS/c1-2-3-8-4-5-10-6-7(8)9/h2-6H2,1H3. The molecule has 0 radical (unpaired) electrons. The predicted octanol–water partition coefficient (Wildman–Crippen LogP) is 0.972. The third kappa shape index (κ3) is 1.90. The molecule has 0 unspecified atom stereocenters. The smallest absolute Gasteiger partial charge is 0.232 e. The molecule has 0 aromatic heterocycles. The molecule has 0 atom stereocenters. The number of nitrogens with zero attached hydrogens (tertiary/aromatic N) is 1. The van der Waals surface area contributed by atoms with Gasteiger partial charge in [0.2, 0.25) is 5.91 Å². The third-order valence-electron chi connectivity index (χ3n) is 1.58. The monoisotopic (exact) mass is 159 g/mol. The number of carbonyl (C=O) groups is 1. The molecule has 1 amide bonds. The van der Waals surface area contributed by atoms with Crippen molar-refractivity contribution in [1.82, 2.24) is 4.90 Å². The number of carbonyl (C=O) groups excluding carboxylic acids is 1. The summed E-state index contributed by atoms with van der Waals surface area (Å²) in [6.45, 7) is 4.01. The molecule has 1 aliphatic rings. The van der Waals surface area contributed by atoms with Crippen molar-refractivity contribution in [3.63, 3.8) is 0 Å². The van der Waals surface area contributed by atoms with Crippen LogP contribution in [0, 0.1) is 0 Å². The van der Waals surface area contributed by atoms with Gasteiger partial charge in [0.1, 0.15) is 0 Å². The van der Waals surface area contributed by atoms with E-state index in [1.165, 1.54) is 0 Å². The van der Waals surface area contributed by atoms with Crippen LogP contribution in [0.15, 0.2) is 0 Å². The Balaban J connectivity index is 2.32. The van der Waals surface area contributed by atoms with Crippen molar-refractivity contribution in [2.45, 2.75) is 13.3 Å². The maximum atomic E-state index is 11.1. The van der Waals surface area contributed by atoms with E-state index in [0.717, 1.165) is 25.3 Å². The minimum absolute atomic E-state index is 0.318. The number of thioether (sulfide) groups is 1. The molecule has 0 N–H and O–H groups in total. The van der Waals surface area contributed by atoms with Gasteiger partial charge in [-0.2, -0.15) is 11.8 Å². The fraction of sp³-hybridized carbons (Fsp3) is 0.857. The molecule has 10 heavy (non-hydrogen) atoms. The third-order valence-corrected chi connectivity index (χ3v) is 2.50. The van der Waals surface area contributed by atoms with E-state index in [2.05, 4.69) is 6.92 Å². The van der Waals surface area contributed by atoms with Crippen LogP contribution in [-0.2, 0) is 4.79 Å². The summed E-state index contributed by atoms with van der Waals surface area (Å²) in [5.41, 5.74) is 0. The van der Waals surface area contributed by atoms with E-state index < -0.39 is 0 Å². The van der Waals surface area contributed by atoms with Crippen LogP contribution in [0.2, 0.25) is 0 Å². The first-order valence-electron chi connectivity index (χ1n) is 3.70. The number of hydrogen-bond acceptors (Lipinski definition) is 2. The summed E-state index contributed by atoms with van der Waals surface area (Å²) in [5.74, 6) is 2.13. The van der Waals surface area contributed by atoms with E-state index in [9.17, 15) is 4.79 Å². The Morgan fingerprint density at radius 3 is 3.10 bits per heavy atom. The summed E-state index contributed by atoms with van der Waals surface area (Å²) in [4.78, 5) is 13.0. The summed E-state index contributed by atoms with van der Waals surface area (Å²) >= 11 is 1.74. The molecule has 1 aliphatic heterocycles. The van der Waals surface area contributed by atoms with Gasteiger partial charge in [0.25, 0.3) is 0 Å². The lowest BCUT2D eigenvalue weighted by atomic mass is 10.4. The second-order valence-corrected chi connectivity index (χ2v) is 3.54. The second kappa shape index (κ2) is 3.86. The quantitative estimate of drug-likeness (QED) is 0.598. The zero-order valence-electron chi connectivity index (χ0n) is 6.30. The van der Waals surface area contributed by atoms with Crippen molar-refractivity contribution in [2.75, 3.05) is 24.6 Å². The van der Waals surface area contributed by atoms with Gasteiger partial charge in [0.15, 0.2) is 0 Å². The molecule has 0 aromatic carbocycles. The van der Waals surface area contributed by atoms with Crippen molar-refractivity contribution in [1.29, 1.82) is 0 Å². The van der Waals surface area contributed by atoms with Gasteiger partial charge in [0, 0.05) is 18.8 Å². The lowest BCUT2D eigenvalue weighted by Gasteiger charge is -2.25. The van der Waals surface area contributed by atoms with E-state index in [0.29, 0.717) is 11.7 Å². The fourth-order valence-corrected chi connectivity index (χ4v) is 1.91. The van der Waals surface area contributed by atoms with E-state index in [1.54, 1.807) is 11.8 Å². The molecule has 0 bridgehead atoms. The van der Waals surface area contributed by atoms with Crippen molar-refractivity contribution in [3.05, 3.63) is 0 Å². The Morgan fingerprint density at radius 2 is 2.50 bits per heavy atom. The molecule has 1 heterocycles. The van der Waals surface area contributed by atoms with E-state index in [4.69, 9.17) is 0 Å². The highest BCUT2D eigenvalue weighted by Gasteiger charge is 2.16. The van der Waals surface area contributed by atoms with Crippen LogP contribution in [-0.4, -0.2) is 35.4 Å². The summed E-state index contributed by atoms with van der Waals surface area (Å²) in [5, 5.41) is 0. The summed E-state index contributed by atoms with van der Waals surface area (Å²) in [7, 11) is 0. The number of amides is 1. The molecule has 0 saturated carbocycles. The Morgan fingerprint density at radius 1 is 1.70 bits per heavy atom. The summed E-state index contributed by atoms with van der Waals surface area (Å²) in [6.07, 6.45) is 1.08. The fourth-order valence-electron chi connectivity index (χ4n) is 1.06. The van der Waals surface area contributed by atoms with Crippen molar-refractivity contribution >= 4 is 17.7 Å². The maximum Gasteiger partial charge on any atom is 0.232 e.